The number of rotatable bonds is 4. The van der Waals surface area contributed by atoms with E-state index >= 15 is 0 Å². The Morgan fingerprint density at radius 2 is 1.83 bits per heavy atom. The fourth-order valence-corrected chi connectivity index (χ4v) is 2.56. The highest BCUT2D eigenvalue weighted by Gasteiger charge is 2.18. The van der Waals surface area contributed by atoms with Crippen molar-refractivity contribution in [2.75, 3.05) is 12.8 Å². The van der Waals surface area contributed by atoms with E-state index in [2.05, 4.69) is 4.98 Å². The van der Waals surface area contributed by atoms with Crippen molar-refractivity contribution in [3.05, 3.63) is 34.0 Å². The van der Waals surface area contributed by atoms with E-state index in [0.29, 0.717) is 22.6 Å². The lowest BCUT2D eigenvalue weighted by Gasteiger charge is -2.16. The molecule has 0 unspecified atom stereocenters. The van der Waals surface area contributed by atoms with Gasteiger partial charge in [0.25, 0.3) is 0 Å². The molecule has 1 aromatic carbocycles. The zero-order valence-corrected chi connectivity index (χ0v) is 14.3. The maximum atomic E-state index is 9.43. The number of aromatic nitrogens is 1. The van der Waals surface area contributed by atoms with Gasteiger partial charge in [-0.15, -0.1) is 0 Å². The molecule has 7 heteroatoms. The van der Waals surface area contributed by atoms with Crippen LogP contribution in [0.2, 0.25) is 0 Å². The van der Waals surface area contributed by atoms with Crippen LogP contribution in [0.3, 0.4) is 0 Å². The third-order valence-electron chi connectivity index (χ3n) is 3.28. The molecule has 0 bridgehead atoms. The predicted molar refractivity (Wildman–Crippen MR) is 93.2 cm³/mol. The zero-order valence-electron chi connectivity index (χ0n) is 13.5. The van der Waals surface area contributed by atoms with Crippen LogP contribution in [0, 0.1) is 27.3 Å². The SMILES string of the molecule is COc1cc(-c2c(C#N)c(N)[nH]c(=S)c2C#N)ccc1OC(C)C. The first kappa shape index (κ1) is 17.3. The molecule has 1 aromatic heterocycles. The number of hydrogen-bond donors (Lipinski definition) is 2. The number of ether oxygens (including phenoxy) is 2. The highest BCUT2D eigenvalue weighted by atomic mass is 32.1. The van der Waals surface area contributed by atoms with Crippen molar-refractivity contribution in [2.45, 2.75) is 20.0 Å². The number of pyridine rings is 1. The second-order valence-corrected chi connectivity index (χ2v) is 5.66. The van der Waals surface area contributed by atoms with Crippen LogP contribution in [0.25, 0.3) is 11.1 Å². The number of nitrogen functional groups attached to an aromatic ring is 1. The van der Waals surface area contributed by atoms with Crippen LogP contribution >= 0.6 is 12.2 Å². The van der Waals surface area contributed by atoms with Crippen LogP contribution < -0.4 is 15.2 Å². The minimum Gasteiger partial charge on any atom is -0.493 e. The molecular weight excluding hydrogens is 324 g/mol. The summed E-state index contributed by atoms with van der Waals surface area (Å²) >= 11 is 5.15. The van der Waals surface area contributed by atoms with Crippen molar-refractivity contribution in [2.24, 2.45) is 0 Å². The molecular formula is C17H16N4O2S. The van der Waals surface area contributed by atoms with Crippen LogP contribution in [0.5, 0.6) is 11.5 Å². The van der Waals surface area contributed by atoms with Gasteiger partial charge in [0.1, 0.15) is 28.2 Å². The molecule has 3 N–H and O–H groups in total. The van der Waals surface area contributed by atoms with E-state index in [1.807, 2.05) is 26.0 Å². The number of methoxy groups -OCH3 is 1. The lowest BCUT2D eigenvalue weighted by Crippen LogP contribution is -2.07. The third kappa shape index (κ3) is 3.17. The van der Waals surface area contributed by atoms with Crippen molar-refractivity contribution < 1.29 is 9.47 Å². The molecule has 0 radical (unpaired) electrons. The lowest BCUT2D eigenvalue weighted by molar-refractivity contribution is 0.230. The van der Waals surface area contributed by atoms with Gasteiger partial charge in [0, 0.05) is 5.56 Å². The van der Waals surface area contributed by atoms with E-state index in [1.165, 1.54) is 7.11 Å². The molecule has 0 saturated heterocycles. The summed E-state index contributed by atoms with van der Waals surface area (Å²) in [6.07, 6.45) is -0.0182. The molecule has 1 heterocycles. The van der Waals surface area contributed by atoms with E-state index in [-0.39, 0.29) is 27.7 Å². The second-order valence-electron chi connectivity index (χ2n) is 5.25. The molecule has 0 amide bonds. The maximum Gasteiger partial charge on any atom is 0.161 e. The van der Waals surface area contributed by atoms with Gasteiger partial charge >= 0.3 is 0 Å². The van der Waals surface area contributed by atoms with Gasteiger partial charge in [0.15, 0.2) is 11.5 Å². The largest absolute Gasteiger partial charge is 0.493 e. The first-order chi connectivity index (χ1) is 11.4. The number of anilines is 1. The number of hydrogen-bond acceptors (Lipinski definition) is 6. The van der Waals surface area contributed by atoms with E-state index in [0.717, 1.165) is 0 Å². The quantitative estimate of drug-likeness (QED) is 0.824. The highest BCUT2D eigenvalue weighted by molar-refractivity contribution is 7.71. The Kier molecular flexibility index (Phi) is 5.08. The molecule has 0 aliphatic heterocycles. The summed E-state index contributed by atoms with van der Waals surface area (Å²) < 4.78 is 11.2. The molecule has 122 valence electrons. The average molecular weight is 340 g/mol. The van der Waals surface area contributed by atoms with Crippen LogP contribution in [0.4, 0.5) is 5.82 Å². The minimum atomic E-state index is -0.0182. The summed E-state index contributed by atoms with van der Waals surface area (Å²) in [7, 11) is 1.52. The van der Waals surface area contributed by atoms with Gasteiger partial charge in [-0.05, 0) is 31.5 Å². The van der Waals surface area contributed by atoms with Gasteiger partial charge in [-0.2, -0.15) is 10.5 Å². The van der Waals surface area contributed by atoms with Crippen LogP contribution in [-0.4, -0.2) is 18.2 Å². The maximum absolute atomic E-state index is 9.43. The average Bonchev–Trinajstić information content (AvgIpc) is 2.54. The normalized spacial score (nSPS) is 10.1. The zero-order chi connectivity index (χ0) is 17.9. The highest BCUT2D eigenvalue weighted by Crippen LogP contribution is 2.37. The predicted octanol–water partition coefficient (Wildman–Crippen LogP) is 3.53. The molecule has 0 aliphatic carbocycles. The molecule has 0 saturated carbocycles. The van der Waals surface area contributed by atoms with Crippen molar-refractivity contribution in [1.82, 2.24) is 4.98 Å². The summed E-state index contributed by atoms with van der Waals surface area (Å²) in [5, 5.41) is 18.9. The van der Waals surface area contributed by atoms with Gasteiger partial charge in [-0.1, -0.05) is 18.3 Å². The summed E-state index contributed by atoms with van der Waals surface area (Å²) in [6, 6.07) is 9.22. The summed E-state index contributed by atoms with van der Waals surface area (Å²) in [6.45, 7) is 3.82. The van der Waals surface area contributed by atoms with Gasteiger partial charge in [0.05, 0.1) is 18.8 Å². The first-order valence-corrected chi connectivity index (χ1v) is 7.54. The van der Waals surface area contributed by atoms with Gasteiger partial charge in [0.2, 0.25) is 0 Å². The third-order valence-corrected chi connectivity index (χ3v) is 3.59. The lowest BCUT2D eigenvalue weighted by atomic mass is 9.96. The summed E-state index contributed by atoms with van der Waals surface area (Å²) in [5.74, 6) is 1.19. The van der Waals surface area contributed by atoms with Gasteiger partial charge in [-0.25, -0.2) is 0 Å². The van der Waals surface area contributed by atoms with Crippen molar-refractivity contribution in [3.63, 3.8) is 0 Å². The van der Waals surface area contributed by atoms with E-state index in [1.54, 1.807) is 18.2 Å². The molecule has 24 heavy (non-hydrogen) atoms. The molecule has 0 spiro atoms. The van der Waals surface area contributed by atoms with E-state index < -0.39 is 0 Å². The van der Waals surface area contributed by atoms with Crippen molar-refractivity contribution in [1.29, 1.82) is 10.5 Å². The van der Waals surface area contributed by atoms with Crippen molar-refractivity contribution in [3.8, 4) is 34.8 Å². The second kappa shape index (κ2) is 7.03. The molecule has 2 aromatic rings. The first-order valence-electron chi connectivity index (χ1n) is 7.13. The Morgan fingerprint density at radius 1 is 1.17 bits per heavy atom. The van der Waals surface area contributed by atoms with Crippen LogP contribution in [0.1, 0.15) is 25.0 Å². The molecule has 0 aliphatic rings. The number of nitriles is 2. The Bertz CT molecular complexity index is 920. The van der Waals surface area contributed by atoms with Gasteiger partial charge < -0.3 is 20.2 Å². The monoisotopic (exact) mass is 340 g/mol. The van der Waals surface area contributed by atoms with Crippen molar-refractivity contribution >= 4 is 18.0 Å². The van der Waals surface area contributed by atoms with Crippen LogP contribution in [-0.2, 0) is 0 Å². The van der Waals surface area contributed by atoms with Crippen LogP contribution in [0.15, 0.2) is 18.2 Å². The Balaban J connectivity index is 2.76. The fourth-order valence-electron chi connectivity index (χ4n) is 2.31. The Morgan fingerprint density at radius 3 is 2.38 bits per heavy atom. The standard InChI is InChI=1S/C17H16N4O2S/c1-9(2)23-13-5-4-10(6-14(13)22-3)15-11(7-18)16(20)21-17(24)12(15)8-19/h4-6,9H,1-3H3,(H3,20,21,24). The number of aromatic amines is 1. The topological polar surface area (TPSA) is 108 Å². The number of nitrogens with two attached hydrogens (primary N) is 1. The molecule has 2 rings (SSSR count). The number of H-pyrrole nitrogens is 1. The Hall–Kier alpha value is -3.03. The summed E-state index contributed by atoms with van der Waals surface area (Å²) in [4.78, 5) is 2.68. The minimum absolute atomic E-state index is 0.0182. The smallest absolute Gasteiger partial charge is 0.161 e. The molecule has 6 nitrogen and oxygen atoms in total. The fraction of sp³-hybridized carbons (Fsp3) is 0.235. The van der Waals surface area contributed by atoms with Gasteiger partial charge in [-0.3, -0.25) is 0 Å². The van der Waals surface area contributed by atoms with E-state index in [9.17, 15) is 10.5 Å². The summed E-state index contributed by atoms with van der Waals surface area (Å²) in [5.41, 5.74) is 7.19. The number of nitrogens with zero attached hydrogens (tertiary/aromatic N) is 2. The molecule has 0 atom stereocenters. The number of benzene rings is 1. The van der Waals surface area contributed by atoms with E-state index in [4.69, 9.17) is 27.4 Å². The molecule has 0 fully saturated rings. The Labute approximate surface area is 145 Å². The number of nitrogens with one attached hydrogen (secondary N) is 1.